The largest absolute Gasteiger partial charge is 0.396 e. The van der Waals surface area contributed by atoms with Crippen molar-refractivity contribution in [3.8, 4) is 0 Å². The Kier molecular flexibility index (Phi) is 3.66. The molecule has 1 fully saturated rings. The fourth-order valence-corrected chi connectivity index (χ4v) is 2.66. The Morgan fingerprint density at radius 3 is 2.67 bits per heavy atom. The highest BCUT2D eigenvalue weighted by Gasteiger charge is 2.23. The van der Waals surface area contributed by atoms with Gasteiger partial charge in [0.1, 0.15) is 0 Å². The van der Waals surface area contributed by atoms with Gasteiger partial charge in [0.15, 0.2) is 0 Å². The Hall–Kier alpha value is -0.530. The summed E-state index contributed by atoms with van der Waals surface area (Å²) in [5.74, 6) is 1.05. The van der Waals surface area contributed by atoms with E-state index in [4.69, 9.17) is 16.7 Å². The van der Waals surface area contributed by atoms with Crippen molar-refractivity contribution in [3.05, 3.63) is 34.9 Å². The van der Waals surface area contributed by atoms with Gasteiger partial charge in [-0.15, -0.1) is 0 Å². The molecule has 0 saturated heterocycles. The van der Waals surface area contributed by atoms with Crippen LogP contribution in [0.25, 0.3) is 0 Å². The molecule has 1 nitrogen and oxygen atoms in total. The Labute approximate surface area is 96.1 Å². The third-order valence-corrected chi connectivity index (χ3v) is 3.68. The second kappa shape index (κ2) is 5.00. The van der Waals surface area contributed by atoms with Gasteiger partial charge in [0.05, 0.1) is 0 Å². The summed E-state index contributed by atoms with van der Waals surface area (Å²) in [6, 6.07) is 9.03. The quantitative estimate of drug-likeness (QED) is 0.815. The van der Waals surface area contributed by atoms with Crippen LogP contribution in [-0.4, -0.2) is 11.7 Å². The average molecular weight is 224 g/mol. The minimum Gasteiger partial charge on any atom is -0.396 e. The lowest BCUT2D eigenvalue weighted by Crippen LogP contribution is -2.16. The summed E-state index contributed by atoms with van der Waals surface area (Å²) >= 11 is 6.15. The molecule has 0 unspecified atom stereocenters. The molecule has 0 aliphatic heterocycles. The third kappa shape index (κ3) is 2.53. The van der Waals surface area contributed by atoms with Crippen molar-refractivity contribution < 1.29 is 5.11 Å². The molecule has 0 atom stereocenters. The molecule has 1 aromatic carbocycles. The molecule has 1 aliphatic rings. The van der Waals surface area contributed by atoms with Gasteiger partial charge >= 0.3 is 0 Å². The lowest BCUT2D eigenvalue weighted by atomic mass is 9.79. The van der Waals surface area contributed by atoms with Crippen LogP contribution in [0.2, 0.25) is 5.02 Å². The van der Waals surface area contributed by atoms with Crippen molar-refractivity contribution in [2.75, 3.05) is 6.61 Å². The predicted molar refractivity (Wildman–Crippen MR) is 62.1 cm³/mol. The lowest BCUT2D eigenvalue weighted by Gasteiger charge is -2.27. The van der Waals surface area contributed by atoms with E-state index in [1.807, 2.05) is 18.2 Å². The van der Waals surface area contributed by atoms with E-state index in [9.17, 15) is 0 Å². The first-order valence-electron chi connectivity index (χ1n) is 5.58. The maximum atomic E-state index is 9.07. The van der Waals surface area contributed by atoms with Crippen LogP contribution in [-0.2, 0) is 0 Å². The Balaban J connectivity index is 2.04. The molecule has 0 spiro atoms. The molecular formula is C13H16ClO. The first-order valence-corrected chi connectivity index (χ1v) is 5.96. The molecular weight excluding hydrogens is 208 g/mol. The maximum Gasteiger partial charge on any atom is 0.0459 e. The second-order valence-electron chi connectivity index (χ2n) is 4.33. The highest BCUT2D eigenvalue weighted by Crippen LogP contribution is 2.37. The van der Waals surface area contributed by atoms with Gasteiger partial charge in [0, 0.05) is 11.6 Å². The van der Waals surface area contributed by atoms with Gasteiger partial charge in [-0.2, -0.15) is 0 Å². The molecule has 1 aromatic rings. The van der Waals surface area contributed by atoms with E-state index in [0.29, 0.717) is 18.4 Å². The third-order valence-electron chi connectivity index (χ3n) is 3.35. The summed E-state index contributed by atoms with van der Waals surface area (Å²) in [5.41, 5.74) is 1.16. The highest BCUT2D eigenvalue weighted by atomic mass is 35.5. The van der Waals surface area contributed by atoms with Gasteiger partial charge < -0.3 is 5.11 Å². The van der Waals surface area contributed by atoms with Crippen LogP contribution in [0.3, 0.4) is 0 Å². The van der Waals surface area contributed by atoms with E-state index in [2.05, 4.69) is 6.07 Å². The number of aliphatic hydroxyl groups is 1. The molecule has 2 heteroatoms. The molecule has 1 N–H and O–H groups in total. The molecule has 0 bridgehead atoms. The SMILES string of the molecule is OC[C@H]1CC[C@H](c2[c]cccc2Cl)CC1. The topological polar surface area (TPSA) is 20.2 Å². The summed E-state index contributed by atoms with van der Waals surface area (Å²) in [4.78, 5) is 0. The van der Waals surface area contributed by atoms with Gasteiger partial charge in [-0.25, -0.2) is 0 Å². The first kappa shape index (κ1) is 11.0. The van der Waals surface area contributed by atoms with Gasteiger partial charge in [-0.3, -0.25) is 0 Å². The number of benzene rings is 1. The zero-order valence-corrected chi connectivity index (χ0v) is 9.50. The van der Waals surface area contributed by atoms with Crippen molar-refractivity contribution in [1.29, 1.82) is 0 Å². The van der Waals surface area contributed by atoms with Crippen molar-refractivity contribution in [2.45, 2.75) is 31.6 Å². The molecule has 2 rings (SSSR count). The summed E-state index contributed by atoms with van der Waals surface area (Å²) in [7, 11) is 0. The van der Waals surface area contributed by atoms with Gasteiger partial charge in [-0.1, -0.05) is 23.7 Å². The summed E-state index contributed by atoms with van der Waals surface area (Å²) < 4.78 is 0. The normalized spacial score (nSPS) is 26.5. The molecule has 1 saturated carbocycles. The smallest absolute Gasteiger partial charge is 0.0459 e. The molecule has 0 amide bonds. The van der Waals surface area contributed by atoms with Gasteiger partial charge in [0.2, 0.25) is 0 Å². The molecule has 0 heterocycles. The van der Waals surface area contributed by atoms with Crippen LogP contribution < -0.4 is 0 Å². The second-order valence-corrected chi connectivity index (χ2v) is 4.74. The monoisotopic (exact) mass is 223 g/mol. The Morgan fingerprint density at radius 1 is 1.33 bits per heavy atom. The average Bonchev–Trinajstić information content (AvgIpc) is 2.30. The van der Waals surface area contributed by atoms with Gasteiger partial charge in [-0.05, 0) is 55.2 Å². The zero-order valence-electron chi connectivity index (χ0n) is 8.75. The van der Waals surface area contributed by atoms with E-state index < -0.39 is 0 Å². The van der Waals surface area contributed by atoms with Gasteiger partial charge in [0.25, 0.3) is 0 Å². The minimum absolute atomic E-state index is 0.332. The minimum atomic E-state index is 0.332. The van der Waals surface area contributed by atoms with Crippen LogP contribution in [0.15, 0.2) is 18.2 Å². The van der Waals surface area contributed by atoms with Crippen LogP contribution >= 0.6 is 11.6 Å². The number of hydrogen-bond donors (Lipinski definition) is 1. The van der Waals surface area contributed by atoms with E-state index >= 15 is 0 Å². The van der Waals surface area contributed by atoms with Crippen LogP contribution in [0.4, 0.5) is 0 Å². The summed E-state index contributed by atoms with van der Waals surface area (Å²) in [6.07, 6.45) is 4.48. The molecule has 15 heavy (non-hydrogen) atoms. The van der Waals surface area contributed by atoms with Crippen molar-refractivity contribution in [2.24, 2.45) is 5.92 Å². The molecule has 0 aromatic heterocycles. The van der Waals surface area contributed by atoms with Crippen LogP contribution in [0, 0.1) is 12.0 Å². The van der Waals surface area contributed by atoms with E-state index in [1.54, 1.807) is 0 Å². The standard InChI is InChI=1S/C13H16ClO/c14-13-4-2-1-3-12(13)11-7-5-10(9-15)6-8-11/h1-2,4,10-11,15H,5-9H2/t10-,11-. The van der Waals surface area contributed by atoms with E-state index in [-0.39, 0.29) is 0 Å². The molecule has 1 aliphatic carbocycles. The molecule has 81 valence electrons. The lowest BCUT2D eigenvalue weighted by molar-refractivity contribution is 0.182. The van der Waals surface area contributed by atoms with Crippen LogP contribution in [0.1, 0.15) is 37.2 Å². The van der Waals surface area contributed by atoms with Crippen molar-refractivity contribution in [1.82, 2.24) is 0 Å². The fraction of sp³-hybridized carbons (Fsp3) is 0.538. The zero-order chi connectivity index (χ0) is 10.7. The number of rotatable bonds is 2. The summed E-state index contributed by atoms with van der Waals surface area (Å²) in [6.45, 7) is 0.332. The predicted octanol–water partition coefficient (Wildman–Crippen LogP) is 3.41. The molecule has 1 radical (unpaired) electrons. The van der Waals surface area contributed by atoms with E-state index in [0.717, 1.165) is 36.3 Å². The van der Waals surface area contributed by atoms with Crippen molar-refractivity contribution in [3.63, 3.8) is 0 Å². The highest BCUT2D eigenvalue weighted by molar-refractivity contribution is 6.31. The Morgan fingerprint density at radius 2 is 2.07 bits per heavy atom. The fourth-order valence-electron chi connectivity index (χ4n) is 2.38. The number of halogens is 1. The number of hydrogen-bond acceptors (Lipinski definition) is 1. The van der Waals surface area contributed by atoms with E-state index in [1.165, 1.54) is 0 Å². The summed E-state index contributed by atoms with van der Waals surface area (Å²) in [5, 5.41) is 9.91. The van der Waals surface area contributed by atoms with Crippen LogP contribution in [0.5, 0.6) is 0 Å². The Bertz CT molecular complexity index is 316. The maximum absolute atomic E-state index is 9.07. The first-order chi connectivity index (χ1) is 7.31. The van der Waals surface area contributed by atoms with Crippen molar-refractivity contribution >= 4 is 11.6 Å². The number of aliphatic hydroxyl groups excluding tert-OH is 1.